The van der Waals surface area contributed by atoms with E-state index in [0.29, 0.717) is 12.2 Å². The fourth-order valence-electron chi connectivity index (χ4n) is 1.55. The van der Waals surface area contributed by atoms with Crippen LogP contribution in [0.15, 0.2) is 28.0 Å². The van der Waals surface area contributed by atoms with Crippen molar-refractivity contribution in [1.29, 1.82) is 0 Å². The van der Waals surface area contributed by atoms with Crippen LogP contribution in [-0.2, 0) is 19.7 Å². The van der Waals surface area contributed by atoms with Crippen molar-refractivity contribution < 1.29 is 16.8 Å². The maximum Gasteiger partial charge on any atom is 0.177 e. The summed E-state index contributed by atoms with van der Waals surface area (Å²) in [4.78, 5) is -0.0678. The lowest BCUT2D eigenvalue weighted by Gasteiger charge is -2.14. The molecule has 1 aromatic rings. The molecule has 0 amide bonds. The summed E-state index contributed by atoms with van der Waals surface area (Å²) in [5.41, 5.74) is 0.360. The number of benzene rings is 1. The summed E-state index contributed by atoms with van der Waals surface area (Å²) in [5, 5.41) is 2.82. The highest BCUT2D eigenvalue weighted by atomic mass is 35.5. The molecule has 8 heteroatoms. The highest BCUT2D eigenvalue weighted by molar-refractivity contribution is 7.91. The molecule has 20 heavy (non-hydrogen) atoms. The van der Waals surface area contributed by atoms with Gasteiger partial charge in [0.25, 0.3) is 0 Å². The van der Waals surface area contributed by atoms with Crippen molar-refractivity contribution in [3.63, 3.8) is 0 Å². The van der Waals surface area contributed by atoms with Gasteiger partial charge < -0.3 is 5.32 Å². The summed E-state index contributed by atoms with van der Waals surface area (Å²) in [6.07, 6.45) is 2.81. The minimum atomic E-state index is -3.54. The Morgan fingerprint density at radius 3 is 2.20 bits per heavy atom. The molecular formula is C12H18ClNO4S2. The Balaban J connectivity index is 3.26. The molecule has 114 valence electrons. The Kier molecular flexibility index (Phi) is 5.46. The molecule has 1 unspecified atom stereocenters. The Bertz CT molecular complexity index is 683. The lowest BCUT2D eigenvalue weighted by Crippen LogP contribution is -2.15. The molecule has 1 N–H and O–H groups in total. The SMILES string of the molecule is CCC(Cl)CNc1ccc(S(C)(=O)=O)cc1S(C)(=O)=O. The molecule has 0 saturated heterocycles. The molecule has 0 heterocycles. The van der Waals surface area contributed by atoms with Crippen LogP contribution >= 0.6 is 11.6 Å². The van der Waals surface area contributed by atoms with Crippen LogP contribution in [0.25, 0.3) is 0 Å². The van der Waals surface area contributed by atoms with Gasteiger partial charge in [0.05, 0.1) is 20.9 Å². The van der Waals surface area contributed by atoms with Gasteiger partial charge in [0.2, 0.25) is 0 Å². The fourth-order valence-corrected chi connectivity index (χ4v) is 3.23. The standard InChI is InChI=1S/C12H18ClNO4S2/c1-4-9(13)8-14-11-6-5-10(19(2,15)16)7-12(11)20(3,17)18/h5-7,9,14H,4,8H2,1-3H3. The smallest absolute Gasteiger partial charge is 0.177 e. The minimum absolute atomic E-state index is 0.0265. The first-order valence-electron chi connectivity index (χ1n) is 5.97. The van der Waals surface area contributed by atoms with Gasteiger partial charge in [-0.1, -0.05) is 6.92 Å². The monoisotopic (exact) mass is 339 g/mol. The molecule has 0 aromatic heterocycles. The molecule has 1 atom stereocenters. The first-order chi connectivity index (χ1) is 9.05. The van der Waals surface area contributed by atoms with E-state index in [-0.39, 0.29) is 15.2 Å². The predicted octanol–water partition coefficient (Wildman–Crippen LogP) is 1.92. The van der Waals surface area contributed by atoms with Gasteiger partial charge in [-0.15, -0.1) is 11.6 Å². The van der Waals surface area contributed by atoms with Gasteiger partial charge in [0.1, 0.15) is 0 Å². The summed E-state index contributed by atoms with van der Waals surface area (Å²) in [7, 11) is -7.00. The average Bonchev–Trinajstić information content (AvgIpc) is 2.33. The van der Waals surface area contributed by atoms with E-state index in [0.717, 1.165) is 18.9 Å². The summed E-state index contributed by atoms with van der Waals surface area (Å²) in [6, 6.07) is 4.00. The van der Waals surface area contributed by atoms with Crippen LogP contribution in [0.5, 0.6) is 0 Å². The average molecular weight is 340 g/mol. The molecule has 5 nitrogen and oxygen atoms in total. The first-order valence-corrected chi connectivity index (χ1v) is 10.2. The summed E-state index contributed by atoms with van der Waals surface area (Å²) < 4.78 is 46.6. The van der Waals surface area contributed by atoms with E-state index in [1.807, 2.05) is 6.92 Å². The van der Waals surface area contributed by atoms with Crippen LogP contribution in [-0.4, -0.2) is 41.3 Å². The van der Waals surface area contributed by atoms with Crippen molar-refractivity contribution in [2.45, 2.75) is 28.5 Å². The summed E-state index contributed by atoms with van der Waals surface area (Å²) in [5.74, 6) is 0. The van der Waals surface area contributed by atoms with Crippen molar-refractivity contribution in [1.82, 2.24) is 0 Å². The van der Waals surface area contributed by atoms with Gasteiger partial charge in [-0.3, -0.25) is 0 Å². The Labute approximate surface area is 125 Å². The fraction of sp³-hybridized carbons (Fsp3) is 0.500. The normalized spacial score (nSPS) is 14.0. The zero-order chi connectivity index (χ0) is 15.6. The number of alkyl halides is 1. The summed E-state index contributed by atoms with van der Waals surface area (Å²) >= 11 is 5.98. The summed E-state index contributed by atoms with van der Waals surface area (Å²) in [6.45, 7) is 2.32. The molecule has 0 bridgehead atoms. The van der Waals surface area contributed by atoms with E-state index >= 15 is 0 Å². The quantitative estimate of drug-likeness (QED) is 0.801. The molecule has 0 spiro atoms. The molecule has 0 fully saturated rings. The lowest BCUT2D eigenvalue weighted by atomic mass is 10.3. The van der Waals surface area contributed by atoms with Crippen molar-refractivity contribution in [2.24, 2.45) is 0 Å². The third-order valence-electron chi connectivity index (χ3n) is 2.74. The Morgan fingerprint density at radius 1 is 1.15 bits per heavy atom. The maximum atomic E-state index is 11.8. The van der Waals surface area contributed by atoms with Crippen molar-refractivity contribution in [3.05, 3.63) is 18.2 Å². The number of hydrogen-bond acceptors (Lipinski definition) is 5. The number of sulfone groups is 2. The number of nitrogens with one attached hydrogen (secondary N) is 1. The predicted molar refractivity (Wildman–Crippen MR) is 81.1 cm³/mol. The number of halogens is 1. The van der Waals surface area contributed by atoms with Gasteiger partial charge in [-0.05, 0) is 24.6 Å². The number of rotatable bonds is 6. The second kappa shape index (κ2) is 6.32. The maximum absolute atomic E-state index is 11.8. The minimum Gasteiger partial charge on any atom is -0.383 e. The van der Waals surface area contributed by atoms with Crippen LogP contribution < -0.4 is 5.32 Å². The van der Waals surface area contributed by atoms with E-state index in [2.05, 4.69) is 5.32 Å². The van der Waals surface area contributed by atoms with Crippen LogP contribution in [0, 0.1) is 0 Å². The topological polar surface area (TPSA) is 80.3 Å². The molecule has 0 aliphatic rings. The molecule has 0 saturated carbocycles. The molecule has 1 rings (SSSR count). The van der Waals surface area contributed by atoms with Crippen molar-refractivity contribution >= 4 is 37.0 Å². The Morgan fingerprint density at radius 2 is 1.75 bits per heavy atom. The van der Waals surface area contributed by atoms with Gasteiger partial charge >= 0.3 is 0 Å². The van der Waals surface area contributed by atoms with E-state index < -0.39 is 19.7 Å². The van der Waals surface area contributed by atoms with Crippen LogP contribution in [0.2, 0.25) is 0 Å². The molecule has 1 aromatic carbocycles. The third kappa shape index (κ3) is 4.64. The second-order valence-electron chi connectivity index (χ2n) is 4.59. The van der Waals surface area contributed by atoms with Crippen LogP contribution in [0.3, 0.4) is 0 Å². The second-order valence-corrected chi connectivity index (χ2v) is 9.21. The molecular weight excluding hydrogens is 322 g/mol. The van der Waals surface area contributed by atoms with Gasteiger partial charge in [0, 0.05) is 19.1 Å². The van der Waals surface area contributed by atoms with E-state index in [9.17, 15) is 16.8 Å². The number of hydrogen-bond donors (Lipinski definition) is 1. The van der Waals surface area contributed by atoms with Gasteiger partial charge in [0.15, 0.2) is 19.7 Å². The number of anilines is 1. The molecule has 0 radical (unpaired) electrons. The van der Waals surface area contributed by atoms with E-state index in [1.165, 1.54) is 18.2 Å². The zero-order valence-corrected chi connectivity index (χ0v) is 13.9. The van der Waals surface area contributed by atoms with Crippen LogP contribution in [0.4, 0.5) is 5.69 Å². The van der Waals surface area contributed by atoms with E-state index in [4.69, 9.17) is 11.6 Å². The Hall–Kier alpha value is -0.790. The van der Waals surface area contributed by atoms with Crippen molar-refractivity contribution in [3.8, 4) is 0 Å². The van der Waals surface area contributed by atoms with E-state index in [1.54, 1.807) is 0 Å². The molecule has 0 aliphatic heterocycles. The third-order valence-corrected chi connectivity index (χ3v) is 5.45. The first kappa shape index (κ1) is 17.3. The highest BCUT2D eigenvalue weighted by Gasteiger charge is 2.18. The zero-order valence-electron chi connectivity index (χ0n) is 11.6. The van der Waals surface area contributed by atoms with Crippen LogP contribution in [0.1, 0.15) is 13.3 Å². The van der Waals surface area contributed by atoms with Gasteiger partial charge in [-0.2, -0.15) is 0 Å². The van der Waals surface area contributed by atoms with Gasteiger partial charge in [-0.25, -0.2) is 16.8 Å². The lowest BCUT2D eigenvalue weighted by molar-refractivity contribution is 0.600. The highest BCUT2D eigenvalue weighted by Crippen LogP contribution is 2.25. The van der Waals surface area contributed by atoms with Crippen molar-refractivity contribution in [2.75, 3.05) is 24.4 Å². The molecule has 0 aliphatic carbocycles. The largest absolute Gasteiger partial charge is 0.383 e.